The zero-order chi connectivity index (χ0) is 20.7. The van der Waals surface area contributed by atoms with E-state index in [9.17, 15) is 24.8 Å². The first-order valence-corrected chi connectivity index (χ1v) is 8.35. The van der Waals surface area contributed by atoms with Crippen LogP contribution in [-0.2, 0) is 16.1 Å². The summed E-state index contributed by atoms with van der Waals surface area (Å²) >= 11 is 0. The van der Waals surface area contributed by atoms with E-state index in [1.54, 1.807) is 12.1 Å². The molecule has 28 heavy (non-hydrogen) atoms. The fourth-order valence-corrected chi connectivity index (χ4v) is 2.39. The Morgan fingerprint density at radius 1 is 1.21 bits per heavy atom. The van der Waals surface area contributed by atoms with Crippen molar-refractivity contribution in [2.75, 3.05) is 7.11 Å². The van der Waals surface area contributed by atoms with Crippen molar-refractivity contribution in [1.82, 2.24) is 5.32 Å². The number of carbonyl (C=O) groups excluding carboxylic acids is 2. The highest BCUT2D eigenvalue weighted by Crippen LogP contribution is 2.26. The number of nitro benzene ring substituents is 1. The van der Waals surface area contributed by atoms with Crippen LogP contribution in [-0.4, -0.2) is 41.2 Å². The molecule has 0 heterocycles. The Morgan fingerprint density at radius 2 is 1.89 bits per heavy atom. The van der Waals surface area contributed by atoms with Crippen molar-refractivity contribution >= 4 is 17.6 Å². The second-order valence-corrected chi connectivity index (χ2v) is 5.93. The average molecular weight is 388 g/mol. The van der Waals surface area contributed by atoms with Crippen LogP contribution in [0.1, 0.15) is 22.8 Å². The molecule has 2 atom stereocenters. The van der Waals surface area contributed by atoms with Crippen LogP contribution in [0, 0.1) is 10.1 Å². The predicted molar refractivity (Wildman–Crippen MR) is 98.8 cm³/mol. The van der Waals surface area contributed by atoms with Gasteiger partial charge in [-0.3, -0.25) is 14.9 Å². The summed E-state index contributed by atoms with van der Waals surface area (Å²) < 4.78 is 10.2. The first-order chi connectivity index (χ1) is 13.3. The number of nitrogens with zero attached hydrogens (tertiary/aromatic N) is 1. The largest absolute Gasteiger partial charge is 0.488 e. The quantitative estimate of drug-likeness (QED) is 0.401. The van der Waals surface area contributed by atoms with Gasteiger partial charge in [0.25, 0.3) is 11.6 Å². The molecule has 0 saturated carbocycles. The summed E-state index contributed by atoms with van der Waals surface area (Å²) in [7, 11) is 1.13. The lowest BCUT2D eigenvalue weighted by Crippen LogP contribution is -2.48. The fourth-order valence-electron chi connectivity index (χ4n) is 2.39. The third-order valence-electron chi connectivity index (χ3n) is 3.88. The minimum atomic E-state index is -1.30. The molecule has 0 aromatic heterocycles. The van der Waals surface area contributed by atoms with Crippen LogP contribution < -0.4 is 10.1 Å². The Bertz CT molecular complexity index is 853. The molecule has 0 bridgehead atoms. The summed E-state index contributed by atoms with van der Waals surface area (Å²) in [6.07, 6.45) is -1.21. The molecule has 0 spiro atoms. The maximum atomic E-state index is 12.6. The van der Waals surface area contributed by atoms with E-state index < -0.39 is 28.9 Å². The third-order valence-corrected chi connectivity index (χ3v) is 3.88. The van der Waals surface area contributed by atoms with Crippen molar-refractivity contribution in [1.29, 1.82) is 0 Å². The second-order valence-electron chi connectivity index (χ2n) is 5.93. The number of benzene rings is 2. The first kappa shape index (κ1) is 20.8. The highest BCUT2D eigenvalue weighted by molar-refractivity contribution is 5.99. The van der Waals surface area contributed by atoms with Gasteiger partial charge in [-0.15, -0.1) is 0 Å². The molecule has 0 aliphatic rings. The zero-order valence-electron chi connectivity index (χ0n) is 15.3. The topological polar surface area (TPSA) is 128 Å². The molecule has 1 amide bonds. The molecular formula is C19H20N2O7. The van der Waals surface area contributed by atoms with Crippen LogP contribution in [0.3, 0.4) is 0 Å². The van der Waals surface area contributed by atoms with Crippen molar-refractivity contribution in [3.8, 4) is 5.75 Å². The summed E-state index contributed by atoms with van der Waals surface area (Å²) in [4.78, 5) is 34.8. The van der Waals surface area contributed by atoms with E-state index in [4.69, 9.17) is 4.74 Å². The molecule has 0 saturated heterocycles. The molecule has 2 aromatic carbocycles. The molecule has 0 aliphatic carbocycles. The van der Waals surface area contributed by atoms with Crippen LogP contribution >= 0.6 is 0 Å². The molecule has 2 rings (SSSR count). The number of amides is 1. The summed E-state index contributed by atoms with van der Waals surface area (Å²) in [6, 6.07) is 11.3. The van der Waals surface area contributed by atoms with E-state index in [1.165, 1.54) is 13.0 Å². The lowest BCUT2D eigenvalue weighted by atomic mass is 10.1. The SMILES string of the molecule is COC(=O)C(NC(=O)c1ccc([N+](=O)[O-])cc1OCc1ccccc1)C(C)O. The summed E-state index contributed by atoms with van der Waals surface area (Å²) in [5.41, 5.74) is 0.535. The van der Waals surface area contributed by atoms with Crippen LogP contribution in [0.15, 0.2) is 48.5 Å². The van der Waals surface area contributed by atoms with Gasteiger partial charge < -0.3 is 19.9 Å². The van der Waals surface area contributed by atoms with Crippen LogP contribution in [0.4, 0.5) is 5.69 Å². The highest BCUT2D eigenvalue weighted by atomic mass is 16.6. The molecule has 0 fully saturated rings. The van der Waals surface area contributed by atoms with Crippen molar-refractivity contribution in [2.24, 2.45) is 0 Å². The maximum absolute atomic E-state index is 12.6. The molecule has 148 valence electrons. The van der Waals surface area contributed by atoms with Crippen LogP contribution in [0.5, 0.6) is 5.75 Å². The Morgan fingerprint density at radius 3 is 2.46 bits per heavy atom. The minimum absolute atomic E-state index is 0.0175. The summed E-state index contributed by atoms with van der Waals surface area (Å²) in [6.45, 7) is 1.41. The van der Waals surface area contributed by atoms with E-state index in [0.29, 0.717) is 0 Å². The maximum Gasteiger partial charge on any atom is 0.331 e. The van der Waals surface area contributed by atoms with Gasteiger partial charge in [0.15, 0.2) is 6.04 Å². The predicted octanol–water partition coefficient (Wildman–Crippen LogP) is 1.83. The van der Waals surface area contributed by atoms with Crippen molar-refractivity contribution in [2.45, 2.75) is 25.7 Å². The molecule has 2 aromatic rings. The van der Waals surface area contributed by atoms with Crippen molar-refractivity contribution in [3.05, 3.63) is 69.8 Å². The van der Waals surface area contributed by atoms with Crippen molar-refractivity contribution in [3.63, 3.8) is 0 Å². The number of aliphatic hydroxyl groups excluding tert-OH is 1. The number of ether oxygens (including phenoxy) is 2. The van der Waals surface area contributed by atoms with Gasteiger partial charge in [-0.25, -0.2) is 4.79 Å². The Labute approximate surface area is 161 Å². The van der Waals surface area contributed by atoms with Gasteiger partial charge in [0.05, 0.1) is 29.8 Å². The van der Waals surface area contributed by atoms with E-state index in [1.807, 2.05) is 18.2 Å². The number of non-ortho nitro benzene ring substituents is 1. The minimum Gasteiger partial charge on any atom is -0.488 e. The molecule has 9 nitrogen and oxygen atoms in total. The van der Waals surface area contributed by atoms with E-state index in [0.717, 1.165) is 24.8 Å². The first-order valence-electron chi connectivity index (χ1n) is 8.35. The molecule has 0 radical (unpaired) electrons. The monoisotopic (exact) mass is 388 g/mol. The van der Waals surface area contributed by atoms with Crippen LogP contribution in [0.2, 0.25) is 0 Å². The van der Waals surface area contributed by atoms with E-state index in [-0.39, 0.29) is 23.6 Å². The molecule has 9 heteroatoms. The Kier molecular flexibility index (Phi) is 7.05. The molecular weight excluding hydrogens is 368 g/mol. The number of rotatable bonds is 8. The Balaban J connectivity index is 2.29. The van der Waals surface area contributed by atoms with Gasteiger partial charge in [0.1, 0.15) is 12.4 Å². The number of hydrogen-bond acceptors (Lipinski definition) is 7. The van der Waals surface area contributed by atoms with E-state index in [2.05, 4.69) is 10.1 Å². The smallest absolute Gasteiger partial charge is 0.331 e. The lowest BCUT2D eigenvalue weighted by Gasteiger charge is -2.19. The number of nitro groups is 1. The standard InChI is InChI=1S/C19H20N2O7/c1-12(22)17(19(24)27-2)20-18(23)15-9-8-14(21(25)26)10-16(15)28-11-13-6-4-3-5-7-13/h3-10,12,17,22H,11H2,1-2H3,(H,20,23). The van der Waals surface area contributed by atoms with Gasteiger partial charge in [-0.1, -0.05) is 30.3 Å². The number of nitrogens with one attached hydrogen (secondary N) is 1. The van der Waals surface area contributed by atoms with Gasteiger partial charge in [0.2, 0.25) is 0 Å². The van der Waals surface area contributed by atoms with Crippen molar-refractivity contribution < 1.29 is 29.1 Å². The molecule has 0 aliphatic heterocycles. The van der Waals surface area contributed by atoms with Gasteiger partial charge in [0, 0.05) is 6.07 Å². The number of aliphatic hydroxyl groups is 1. The van der Waals surface area contributed by atoms with Gasteiger partial charge in [-0.2, -0.15) is 0 Å². The van der Waals surface area contributed by atoms with Crippen LogP contribution in [0.25, 0.3) is 0 Å². The normalized spacial score (nSPS) is 12.5. The highest BCUT2D eigenvalue weighted by Gasteiger charge is 2.28. The zero-order valence-corrected chi connectivity index (χ0v) is 15.3. The third kappa shape index (κ3) is 5.27. The van der Waals surface area contributed by atoms with Gasteiger partial charge in [-0.05, 0) is 18.6 Å². The number of hydrogen-bond donors (Lipinski definition) is 2. The summed E-state index contributed by atoms with van der Waals surface area (Å²) in [5.74, 6) is -1.59. The average Bonchev–Trinajstić information content (AvgIpc) is 2.69. The fraction of sp³-hybridized carbons (Fsp3) is 0.263. The molecule has 2 N–H and O–H groups in total. The number of methoxy groups -OCH3 is 1. The van der Waals surface area contributed by atoms with Gasteiger partial charge >= 0.3 is 5.97 Å². The van der Waals surface area contributed by atoms with E-state index >= 15 is 0 Å². The number of carbonyl (C=O) groups is 2. The summed E-state index contributed by atoms with van der Waals surface area (Å²) in [5, 5.41) is 23.1. The number of esters is 1. The lowest BCUT2D eigenvalue weighted by molar-refractivity contribution is -0.384. The Hall–Kier alpha value is -3.46. The molecule has 2 unspecified atom stereocenters. The second kappa shape index (κ2) is 9.47.